The van der Waals surface area contributed by atoms with Crippen LogP contribution in [0.3, 0.4) is 0 Å². The minimum Gasteiger partial charge on any atom is -0.310 e. The summed E-state index contributed by atoms with van der Waals surface area (Å²) in [5, 5.41) is 3.54. The number of rotatable bonds is 4. The SMILES string of the molecule is CCNC(c1cc2[nH]c(=O)[nH]c2cc1Br)C1CC1. The molecule has 1 fully saturated rings. The molecule has 0 amide bonds. The van der Waals surface area contributed by atoms with Crippen molar-refractivity contribution in [2.45, 2.75) is 25.8 Å². The molecule has 1 aliphatic carbocycles. The van der Waals surface area contributed by atoms with Gasteiger partial charge in [0.15, 0.2) is 0 Å². The fourth-order valence-electron chi connectivity index (χ4n) is 2.49. The smallest absolute Gasteiger partial charge is 0.310 e. The molecule has 1 aromatic heterocycles. The van der Waals surface area contributed by atoms with Crippen molar-refractivity contribution >= 4 is 27.0 Å². The van der Waals surface area contributed by atoms with E-state index in [4.69, 9.17) is 0 Å². The van der Waals surface area contributed by atoms with Crippen LogP contribution in [0.1, 0.15) is 31.4 Å². The van der Waals surface area contributed by atoms with Crippen molar-refractivity contribution in [3.05, 3.63) is 32.7 Å². The van der Waals surface area contributed by atoms with Crippen LogP contribution in [0.5, 0.6) is 0 Å². The van der Waals surface area contributed by atoms with Crippen molar-refractivity contribution in [3.63, 3.8) is 0 Å². The Balaban J connectivity index is 2.08. The van der Waals surface area contributed by atoms with Crippen LogP contribution in [0, 0.1) is 5.92 Å². The molecule has 0 aliphatic heterocycles. The first kappa shape index (κ1) is 12.0. The maximum Gasteiger partial charge on any atom is 0.323 e. The molecule has 1 unspecified atom stereocenters. The number of aromatic amines is 2. The molecule has 4 nitrogen and oxygen atoms in total. The summed E-state index contributed by atoms with van der Waals surface area (Å²) in [6.45, 7) is 3.08. The molecule has 5 heteroatoms. The van der Waals surface area contributed by atoms with Gasteiger partial charge in [-0.25, -0.2) is 4.79 Å². The molecule has 2 aromatic rings. The van der Waals surface area contributed by atoms with Crippen LogP contribution in [0.15, 0.2) is 21.4 Å². The minimum absolute atomic E-state index is 0.152. The summed E-state index contributed by atoms with van der Waals surface area (Å²) in [5.41, 5.74) is 2.81. The Morgan fingerprint density at radius 1 is 1.39 bits per heavy atom. The molecular weight excluding hydrogens is 294 g/mol. The Labute approximate surface area is 113 Å². The molecule has 18 heavy (non-hydrogen) atoms. The minimum atomic E-state index is -0.152. The van der Waals surface area contributed by atoms with Crippen LogP contribution >= 0.6 is 15.9 Å². The summed E-state index contributed by atoms with van der Waals surface area (Å²) in [6, 6.07) is 4.44. The molecule has 1 atom stereocenters. The molecular formula is C13H16BrN3O. The second kappa shape index (κ2) is 4.55. The molecule has 1 saturated carbocycles. The highest BCUT2D eigenvalue weighted by atomic mass is 79.9. The average Bonchev–Trinajstić information content (AvgIpc) is 3.08. The van der Waals surface area contributed by atoms with E-state index in [1.165, 1.54) is 18.4 Å². The Morgan fingerprint density at radius 3 is 2.67 bits per heavy atom. The van der Waals surface area contributed by atoms with Crippen LogP contribution in [0.4, 0.5) is 0 Å². The van der Waals surface area contributed by atoms with E-state index in [1.54, 1.807) is 0 Å². The lowest BCUT2D eigenvalue weighted by Gasteiger charge is -2.19. The maximum atomic E-state index is 11.3. The highest BCUT2D eigenvalue weighted by Gasteiger charge is 2.32. The number of imidazole rings is 1. The van der Waals surface area contributed by atoms with Crippen LogP contribution in [-0.4, -0.2) is 16.5 Å². The van der Waals surface area contributed by atoms with Gasteiger partial charge < -0.3 is 15.3 Å². The third kappa shape index (κ3) is 2.12. The average molecular weight is 310 g/mol. The summed E-state index contributed by atoms with van der Waals surface area (Å²) in [4.78, 5) is 16.9. The third-order valence-electron chi connectivity index (χ3n) is 3.49. The normalized spacial score (nSPS) is 17.2. The van der Waals surface area contributed by atoms with Crippen molar-refractivity contribution < 1.29 is 0 Å². The Morgan fingerprint density at radius 2 is 2.06 bits per heavy atom. The van der Waals surface area contributed by atoms with Gasteiger partial charge in [-0.2, -0.15) is 0 Å². The number of halogens is 1. The number of H-pyrrole nitrogens is 2. The number of benzene rings is 1. The van der Waals surface area contributed by atoms with Gasteiger partial charge in [-0.1, -0.05) is 22.9 Å². The summed E-state index contributed by atoms with van der Waals surface area (Å²) >= 11 is 3.62. The zero-order valence-corrected chi connectivity index (χ0v) is 11.8. The molecule has 0 radical (unpaired) electrons. The van der Waals surface area contributed by atoms with E-state index in [0.717, 1.165) is 28.0 Å². The van der Waals surface area contributed by atoms with E-state index in [-0.39, 0.29) is 5.69 Å². The van der Waals surface area contributed by atoms with Crippen LogP contribution in [0.2, 0.25) is 0 Å². The first-order valence-electron chi connectivity index (χ1n) is 6.34. The largest absolute Gasteiger partial charge is 0.323 e. The standard InChI is InChI=1S/C13H16BrN3O/c1-2-15-12(7-3-4-7)8-5-10-11(6-9(8)14)17-13(18)16-10/h5-7,12,15H,2-4H2,1H3,(H2,16,17,18). The quantitative estimate of drug-likeness (QED) is 0.813. The van der Waals surface area contributed by atoms with E-state index in [0.29, 0.717) is 6.04 Å². The fourth-order valence-corrected chi connectivity index (χ4v) is 3.08. The topological polar surface area (TPSA) is 60.7 Å². The molecule has 0 spiro atoms. The molecule has 0 saturated heterocycles. The molecule has 96 valence electrons. The van der Waals surface area contributed by atoms with Crippen LogP contribution in [0.25, 0.3) is 11.0 Å². The van der Waals surface area contributed by atoms with Crippen molar-refractivity contribution in [2.24, 2.45) is 5.92 Å². The van der Waals surface area contributed by atoms with Crippen molar-refractivity contribution in [2.75, 3.05) is 6.54 Å². The van der Waals surface area contributed by atoms with Gasteiger partial charge in [0.2, 0.25) is 0 Å². The highest BCUT2D eigenvalue weighted by Crippen LogP contribution is 2.43. The first-order chi connectivity index (χ1) is 8.69. The zero-order chi connectivity index (χ0) is 12.7. The number of nitrogens with one attached hydrogen (secondary N) is 3. The number of fused-ring (bicyclic) bond motifs is 1. The van der Waals surface area contributed by atoms with Crippen LogP contribution in [-0.2, 0) is 0 Å². The summed E-state index contributed by atoms with van der Waals surface area (Å²) in [7, 11) is 0. The van der Waals surface area contributed by atoms with Gasteiger partial charge >= 0.3 is 5.69 Å². The van der Waals surface area contributed by atoms with E-state index >= 15 is 0 Å². The summed E-state index contributed by atoms with van der Waals surface area (Å²) < 4.78 is 1.06. The number of hydrogen-bond donors (Lipinski definition) is 3. The second-order valence-corrected chi connectivity index (χ2v) is 5.73. The predicted octanol–water partition coefficient (Wildman–Crippen LogP) is 2.68. The van der Waals surface area contributed by atoms with Crippen molar-refractivity contribution in [1.29, 1.82) is 0 Å². The lowest BCUT2D eigenvalue weighted by Crippen LogP contribution is -2.23. The third-order valence-corrected chi connectivity index (χ3v) is 4.17. The predicted molar refractivity (Wildman–Crippen MR) is 75.8 cm³/mol. The first-order valence-corrected chi connectivity index (χ1v) is 7.13. The lowest BCUT2D eigenvalue weighted by atomic mass is 10.0. The van der Waals surface area contributed by atoms with Gasteiger partial charge in [0.1, 0.15) is 0 Å². The van der Waals surface area contributed by atoms with E-state index in [1.807, 2.05) is 6.07 Å². The summed E-state index contributed by atoms with van der Waals surface area (Å²) in [6.07, 6.45) is 2.57. The molecule has 0 bridgehead atoms. The van der Waals surface area contributed by atoms with Gasteiger partial charge in [-0.3, -0.25) is 0 Å². The molecule has 1 aromatic carbocycles. The fraction of sp³-hybridized carbons (Fsp3) is 0.462. The van der Waals surface area contributed by atoms with Crippen molar-refractivity contribution in [3.8, 4) is 0 Å². The molecule has 3 rings (SSSR count). The van der Waals surface area contributed by atoms with Crippen LogP contribution < -0.4 is 11.0 Å². The van der Waals surface area contributed by atoms with Gasteiger partial charge in [-0.15, -0.1) is 0 Å². The monoisotopic (exact) mass is 309 g/mol. The molecule has 1 aliphatic rings. The Hall–Kier alpha value is -1.07. The van der Waals surface area contributed by atoms with Gasteiger partial charge in [0, 0.05) is 10.5 Å². The number of aromatic nitrogens is 2. The maximum absolute atomic E-state index is 11.3. The summed E-state index contributed by atoms with van der Waals surface area (Å²) in [5.74, 6) is 0.726. The van der Waals surface area contributed by atoms with E-state index < -0.39 is 0 Å². The lowest BCUT2D eigenvalue weighted by molar-refractivity contribution is 0.495. The highest BCUT2D eigenvalue weighted by molar-refractivity contribution is 9.10. The van der Waals surface area contributed by atoms with E-state index in [2.05, 4.69) is 44.2 Å². The zero-order valence-electron chi connectivity index (χ0n) is 10.2. The van der Waals surface area contributed by atoms with Crippen molar-refractivity contribution in [1.82, 2.24) is 15.3 Å². The van der Waals surface area contributed by atoms with E-state index in [9.17, 15) is 4.79 Å². The molecule has 1 heterocycles. The second-order valence-electron chi connectivity index (χ2n) is 4.87. The van der Waals surface area contributed by atoms with Gasteiger partial charge in [0.05, 0.1) is 11.0 Å². The Kier molecular flexibility index (Phi) is 3.03. The van der Waals surface area contributed by atoms with Gasteiger partial charge in [-0.05, 0) is 43.0 Å². The van der Waals surface area contributed by atoms with Gasteiger partial charge in [0.25, 0.3) is 0 Å². The molecule has 3 N–H and O–H groups in total. The Bertz CT molecular complexity index is 627. The number of hydrogen-bond acceptors (Lipinski definition) is 2.